The van der Waals surface area contributed by atoms with E-state index in [4.69, 9.17) is 0 Å². The third-order valence-corrected chi connectivity index (χ3v) is 2.03. The number of allylic oxidation sites excluding steroid dienone is 3. The highest BCUT2D eigenvalue weighted by atomic mass is 79.9. The highest BCUT2D eigenvalue weighted by Gasteiger charge is 2.18. The summed E-state index contributed by atoms with van der Waals surface area (Å²) in [5.74, 6) is 0. The second kappa shape index (κ2) is 2.64. The van der Waals surface area contributed by atoms with Crippen LogP contribution in [0.15, 0.2) is 23.9 Å². The van der Waals surface area contributed by atoms with Gasteiger partial charge < -0.3 is 0 Å². The summed E-state index contributed by atoms with van der Waals surface area (Å²) < 4.78 is 0. The van der Waals surface area contributed by atoms with Gasteiger partial charge in [-0.2, -0.15) is 5.06 Å². The van der Waals surface area contributed by atoms with Crippen molar-refractivity contribution < 1.29 is 10.3 Å². The summed E-state index contributed by atoms with van der Waals surface area (Å²) in [7, 11) is 0. The average molecular weight is 191 g/mol. The summed E-state index contributed by atoms with van der Waals surface area (Å²) >= 11 is 3.28. The fourth-order valence-electron chi connectivity index (χ4n) is 0.691. The van der Waals surface area contributed by atoms with E-state index in [1.54, 1.807) is 0 Å². The van der Waals surface area contributed by atoms with Gasteiger partial charge >= 0.3 is 0 Å². The van der Waals surface area contributed by atoms with E-state index in [0.717, 1.165) is 5.70 Å². The summed E-state index contributed by atoms with van der Waals surface area (Å²) in [4.78, 5) is 0.0162. The molecule has 0 spiro atoms. The molecule has 0 saturated heterocycles. The van der Waals surface area contributed by atoms with Crippen LogP contribution in [0, 0.1) is 0 Å². The number of halogens is 1. The molecule has 0 saturated carbocycles. The third-order valence-electron chi connectivity index (χ3n) is 1.29. The molecular formula is C6H9BrNO+. The van der Waals surface area contributed by atoms with Gasteiger partial charge in [-0.05, 0) is 28.1 Å². The van der Waals surface area contributed by atoms with Crippen molar-refractivity contribution in [2.75, 3.05) is 0 Å². The quantitative estimate of drug-likeness (QED) is 0.421. The molecule has 0 aliphatic carbocycles. The van der Waals surface area contributed by atoms with Gasteiger partial charge in [-0.3, -0.25) is 0 Å². The second-order valence-corrected chi connectivity index (χ2v) is 3.01. The molecule has 1 heterocycles. The van der Waals surface area contributed by atoms with Crippen LogP contribution in [-0.2, 0) is 0 Å². The molecule has 0 aromatic carbocycles. The highest BCUT2D eigenvalue weighted by Crippen LogP contribution is 1.99. The van der Waals surface area contributed by atoms with Crippen LogP contribution in [0.5, 0.6) is 0 Å². The molecular weight excluding hydrogens is 182 g/mol. The van der Waals surface area contributed by atoms with Crippen LogP contribution in [0.1, 0.15) is 6.92 Å². The van der Waals surface area contributed by atoms with E-state index < -0.39 is 0 Å². The number of hydroxylamine groups is 2. The van der Waals surface area contributed by atoms with Gasteiger partial charge in [-0.25, -0.2) is 5.21 Å². The smallest absolute Gasteiger partial charge is 0.195 e. The number of alkyl halides is 1. The van der Waals surface area contributed by atoms with Gasteiger partial charge in [-0.15, -0.1) is 0 Å². The molecule has 0 aromatic heterocycles. The van der Waals surface area contributed by atoms with Crippen LogP contribution >= 0.6 is 15.9 Å². The predicted molar refractivity (Wildman–Crippen MR) is 38.4 cm³/mol. The lowest BCUT2D eigenvalue weighted by Gasteiger charge is -2.15. The Kier molecular flexibility index (Phi) is 2.05. The van der Waals surface area contributed by atoms with E-state index in [-0.39, 0.29) is 4.95 Å². The van der Waals surface area contributed by atoms with Crippen molar-refractivity contribution in [3.63, 3.8) is 0 Å². The Morgan fingerprint density at radius 2 is 2.44 bits per heavy atom. The molecule has 9 heavy (non-hydrogen) atoms. The van der Waals surface area contributed by atoms with E-state index >= 15 is 0 Å². The molecule has 0 radical (unpaired) electrons. The minimum atomic E-state index is 0.0162. The van der Waals surface area contributed by atoms with Gasteiger partial charge in [0.1, 0.15) is 5.70 Å². The fraction of sp³-hybridized carbons (Fsp3) is 0.333. The summed E-state index contributed by atoms with van der Waals surface area (Å²) in [6.07, 6.45) is 5.70. The molecule has 2 N–H and O–H groups in total. The van der Waals surface area contributed by atoms with Gasteiger partial charge in [0, 0.05) is 6.92 Å². The zero-order chi connectivity index (χ0) is 6.85. The number of hydrogen-bond donors (Lipinski definition) is 2. The summed E-state index contributed by atoms with van der Waals surface area (Å²) in [5, 5.41) is 9.61. The summed E-state index contributed by atoms with van der Waals surface area (Å²) in [6, 6.07) is 0. The van der Waals surface area contributed by atoms with Crippen molar-refractivity contribution in [3.05, 3.63) is 23.9 Å². The molecule has 50 valence electrons. The Labute approximate surface area is 62.6 Å². The Bertz CT molecular complexity index is 164. The zero-order valence-electron chi connectivity index (χ0n) is 5.13. The van der Waals surface area contributed by atoms with Crippen LogP contribution in [0.25, 0.3) is 0 Å². The van der Waals surface area contributed by atoms with Gasteiger partial charge in [0.25, 0.3) is 0 Å². The lowest BCUT2D eigenvalue weighted by Crippen LogP contribution is -3.10. The Morgan fingerprint density at radius 3 is 2.89 bits per heavy atom. The minimum Gasteiger partial charge on any atom is -0.212 e. The third kappa shape index (κ3) is 1.41. The van der Waals surface area contributed by atoms with Crippen molar-refractivity contribution in [3.8, 4) is 0 Å². The van der Waals surface area contributed by atoms with Gasteiger partial charge in [0.15, 0.2) is 4.95 Å². The Hall–Kier alpha value is -0.120. The number of hydrogen-bond acceptors (Lipinski definition) is 1. The molecule has 1 rings (SSSR count). The second-order valence-electron chi connectivity index (χ2n) is 2.02. The maximum Gasteiger partial charge on any atom is 0.195 e. The van der Waals surface area contributed by atoms with Crippen LogP contribution in [-0.4, -0.2) is 10.2 Å². The molecule has 2 atom stereocenters. The first kappa shape index (κ1) is 6.99. The summed E-state index contributed by atoms with van der Waals surface area (Å²) in [5.41, 5.74) is 0.930. The lowest BCUT2D eigenvalue weighted by atomic mass is 10.3. The molecule has 0 fully saturated rings. The van der Waals surface area contributed by atoms with Crippen molar-refractivity contribution in [2.24, 2.45) is 0 Å². The maximum atomic E-state index is 9.20. The van der Waals surface area contributed by atoms with Crippen LogP contribution in [0.2, 0.25) is 0 Å². The van der Waals surface area contributed by atoms with Crippen LogP contribution in [0.3, 0.4) is 0 Å². The first-order valence-electron chi connectivity index (χ1n) is 2.77. The van der Waals surface area contributed by atoms with Gasteiger partial charge in [0.2, 0.25) is 0 Å². The predicted octanol–water partition coefficient (Wildman–Crippen LogP) is 0.455. The monoisotopic (exact) mass is 190 g/mol. The molecule has 1 aliphatic heterocycles. The van der Waals surface area contributed by atoms with Crippen molar-refractivity contribution in [2.45, 2.75) is 11.9 Å². The molecule has 3 heteroatoms. The van der Waals surface area contributed by atoms with Crippen molar-refractivity contribution in [1.29, 1.82) is 0 Å². The van der Waals surface area contributed by atoms with E-state index in [1.807, 2.05) is 25.2 Å². The summed E-state index contributed by atoms with van der Waals surface area (Å²) in [6.45, 7) is 1.88. The van der Waals surface area contributed by atoms with E-state index in [2.05, 4.69) is 15.9 Å². The van der Waals surface area contributed by atoms with E-state index in [0.29, 0.717) is 5.06 Å². The molecule has 0 aromatic rings. The minimum absolute atomic E-state index is 0.0162. The average Bonchev–Trinajstić information content (AvgIpc) is 1.83. The lowest BCUT2D eigenvalue weighted by molar-refractivity contribution is -1.06. The standard InChI is InChI=1S/C6H8BrNO/c1-5-3-2-4-6(7)8(5)9/h2-4,6,9H,1H3/p+1. The molecule has 2 unspecified atom stereocenters. The number of nitrogens with one attached hydrogen (secondary N) is 1. The normalized spacial score (nSPS) is 34.3. The number of rotatable bonds is 0. The Morgan fingerprint density at radius 1 is 1.78 bits per heavy atom. The fourth-order valence-corrected chi connectivity index (χ4v) is 1.23. The van der Waals surface area contributed by atoms with Crippen molar-refractivity contribution in [1.82, 2.24) is 0 Å². The van der Waals surface area contributed by atoms with Crippen molar-refractivity contribution >= 4 is 15.9 Å². The molecule has 2 nitrogen and oxygen atoms in total. The van der Waals surface area contributed by atoms with E-state index in [9.17, 15) is 5.21 Å². The Balaban J connectivity index is 2.73. The number of quaternary nitrogens is 1. The van der Waals surface area contributed by atoms with Gasteiger partial charge in [-0.1, -0.05) is 6.08 Å². The molecule has 1 aliphatic rings. The van der Waals surface area contributed by atoms with Crippen LogP contribution < -0.4 is 5.06 Å². The molecule has 0 bridgehead atoms. The zero-order valence-corrected chi connectivity index (χ0v) is 6.72. The first-order chi connectivity index (χ1) is 4.22. The topological polar surface area (TPSA) is 24.7 Å². The highest BCUT2D eigenvalue weighted by molar-refractivity contribution is 9.09. The largest absolute Gasteiger partial charge is 0.212 e. The SMILES string of the molecule is CC1=CC=CC(Br)[NH+]1O. The van der Waals surface area contributed by atoms with E-state index in [1.165, 1.54) is 0 Å². The molecule has 0 amide bonds. The first-order valence-corrected chi connectivity index (χ1v) is 3.68. The van der Waals surface area contributed by atoms with Crippen LogP contribution in [0.4, 0.5) is 0 Å². The maximum absolute atomic E-state index is 9.20. The van der Waals surface area contributed by atoms with Gasteiger partial charge in [0.05, 0.1) is 0 Å².